The highest BCUT2D eigenvalue weighted by Gasteiger charge is 2.15. The van der Waals surface area contributed by atoms with E-state index in [1.54, 1.807) is 16.5 Å². The van der Waals surface area contributed by atoms with Crippen molar-refractivity contribution in [1.29, 1.82) is 0 Å². The van der Waals surface area contributed by atoms with E-state index in [1.165, 1.54) is 17.8 Å². The summed E-state index contributed by atoms with van der Waals surface area (Å²) in [6.45, 7) is 6.49. The van der Waals surface area contributed by atoms with Gasteiger partial charge in [-0.3, -0.25) is 19.0 Å². The van der Waals surface area contributed by atoms with E-state index in [0.717, 1.165) is 11.4 Å². The van der Waals surface area contributed by atoms with Crippen molar-refractivity contribution in [2.75, 3.05) is 17.7 Å². The van der Waals surface area contributed by atoms with Gasteiger partial charge in [0.05, 0.1) is 12.4 Å². The summed E-state index contributed by atoms with van der Waals surface area (Å²) in [5.74, 6) is 1.26. The Bertz CT molecular complexity index is 994. The SMILES string of the molecule is CCOc1ccc(NC(=O)CSc2nnc3[nH]c(=O)cc(C(C)C)n23)cc1. The van der Waals surface area contributed by atoms with Crippen molar-refractivity contribution in [3.63, 3.8) is 0 Å². The molecule has 0 aliphatic heterocycles. The number of thioether (sulfide) groups is 1. The first kappa shape index (κ1) is 19.0. The number of aromatic nitrogens is 4. The van der Waals surface area contributed by atoms with Gasteiger partial charge in [-0.25, -0.2) is 0 Å². The molecule has 0 aliphatic carbocycles. The first-order valence-corrected chi connectivity index (χ1v) is 9.60. The summed E-state index contributed by atoms with van der Waals surface area (Å²) in [7, 11) is 0. The summed E-state index contributed by atoms with van der Waals surface area (Å²) in [6, 6.07) is 8.74. The minimum Gasteiger partial charge on any atom is -0.494 e. The minimum atomic E-state index is -0.219. The monoisotopic (exact) mass is 387 g/mol. The molecule has 2 N–H and O–H groups in total. The molecule has 0 unspecified atom stereocenters. The fourth-order valence-electron chi connectivity index (χ4n) is 2.58. The number of carbonyl (C=O) groups is 1. The first-order chi connectivity index (χ1) is 13.0. The van der Waals surface area contributed by atoms with Gasteiger partial charge >= 0.3 is 0 Å². The van der Waals surface area contributed by atoms with Crippen LogP contribution in [0, 0.1) is 0 Å². The Morgan fingerprint density at radius 3 is 2.70 bits per heavy atom. The Balaban J connectivity index is 1.69. The maximum Gasteiger partial charge on any atom is 0.252 e. The van der Waals surface area contributed by atoms with Gasteiger partial charge in [-0.2, -0.15) is 0 Å². The molecule has 27 heavy (non-hydrogen) atoms. The number of amides is 1. The van der Waals surface area contributed by atoms with Crippen LogP contribution in [0.25, 0.3) is 5.78 Å². The third-order valence-electron chi connectivity index (χ3n) is 3.78. The fourth-order valence-corrected chi connectivity index (χ4v) is 3.33. The maximum atomic E-state index is 12.2. The van der Waals surface area contributed by atoms with Crippen molar-refractivity contribution in [2.24, 2.45) is 0 Å². The number of ether oxygens (including phenoxy) is 1. The number of benzene rings is 1. The molecule has 2 aromatic heterocycles. The molecule has 0 saturated carbocycles. The summed E-state index contributed by atoms with van der Waals surface area (Å²) in [4.78, 5) is 26.6. The molecule has 1 aromatic carbocycles. The molecule has 0 saturated heterocycles. The number of aromatic amines is 1. The van der Waals surface area contributed by atoms with Gasteiger partial charge in [-0.15, -0.1) is 10.2 Å². The lowest BCUT2D eigenvalue weighted by molar-refractivity contribution is -0.113. The Morgan fingerprint density at radius 2 is 2.04 bits per heavy atom. The number of anilines is 1. The Morgan fingerprint density at radius 1 is 1.30 bits per heavy atom. The van der Waals surface area contributed by atoms with Crippen LogP contribution in [0.3, 0.4) is 0 Å². The van der Waals surface area contributed by atoms with Crippen molar-refractivity contribution in [1.82, 2.24) is 19.6 Å². The van der Waals surface area contributed by atoms with Crippen LogP contribution in [0.4, 0.5) is 5.69 Å². The van der Waals surface area contributed by atoms with Crippen molar-refractivity contribution < 1.29 is 9.53 Å². The Labute approximate surface area is 160 Å². The van der Waals surface area contributed by atoms with Gasteiger partial charge in [0, 0.05) is 17.4 Å². The quantitative estimate of drug-likeness (QED) is 0.605. The van der Waals surface area contributed by atoms with Crippen molar-refractivity contribution in [2.45, 2.75) is 31.8 Å². The number of hydrogen-bond acceptors (Lipinski definition) is 6. The molecule has 9 heteroatoms. The standard InChI is InChI=1S/C18H21N5O3S/c1-4-26-13-7-5-12(6-8-13)19-16(25)10-27-18-22-21-17-20-15(24)9-14(11(2)3)23(17)18/h5-9,11H,4,10H2,1-3H3,(H,19,25)(H,20,21,24). The highest BCUT2D eigenvalue weighted by Crippen LogP contribution is 2.22. The normalized spacial score (nSPS) is 11.1. The summed E-state index contributed by atoms with van der Waals surface area (Å²) in [5, 5.41) is 11.5. The second kappa shape index (κ2) is 8.26. The van der Waals surface area contributed by atoms with E-state index in [4.69, 9.17) is 4.74 Å². The third-order valence-corrected chi connectivity index (χ3v) is 4.71. The van der Waals surface area contributed by atoms with Crippen LogP contribution in [0.1, 0.15) is 32.4 Å². The number of carbonyl (C=O) groups excluding carboxylic acids is 1. The van der Waals surface area contributed by atoms with Crippen LogP contribution in [0.5, 0.6) is 5.75 Å². The zero-order chi connectivity index (χ0) is 19.4. The smallest absolute Gasteiger partial charge is 0.252 e. The Hall–Kier alpha value is -2.81. The number of nitrogens with zero attached hydrogens (tertiary/aromatic N) is 3. The zero-order valence-electron chi connectivity index (χ0n) is 15.4. The number of fused-ring (bicyclic) bond motifs is 1. The predicted molar refractivity (Wildman–Crippen MR) is 105 cm³/mol. The zero-order valence-corrected chi connectivity index (χ0v) is 16.2. The lowest BCUT2D eigenvalue weighted by atomic mass is 10.1. The molecular formula is C18H21N5O3S. The molecule has 0 bridgehead atoms. The van der Waals surface area contributed by atoms with Crippen molar-refractivity contribution in [3.05, 3.63) is 46.4 Å². The number of hydrogen-bond donors (Lipinski definition) is 2. The average Bonchev–Trinajstić information content (AvgIpc) is 3.03. The van der Waals surface area contributed by atoms with E-state index in [0.29, 0.717) is 23.2 Å². The molecule has 0 fully saturated rings. The minimum absolute atomic E-state index is 0.114. The largest absolute Gasteiger partial charge is 0.494 e. The molecular weight excluding hydrogens is 366 g/mol. The van der Waals surface area contributed by atoms with E-state index in [9.17, 15) is 9.59 Å². The van der Waals surface area contributed by atoms with Gasteiger partial charge in [0.15, 0.2) is 5.16 Å². The van der Waals surface area contributed by atoms with E-state index in [1.807, 2.05) is 32.9 Å². The second-order valence-electron chi connectivity index (χ2n) is 6.15. The van der Waals surface area contributed by atoms with Crippen LogP contribution < -0.4 is 15.6 Å². The number of H-pyrrole nitrogens is 1. The van der Waals surface area contributed by atoms with Crippen LogP contribution in [-0.4, -0.2) is 37.8 Å². The van der Waals surface area contributed by atoms with Gasteiger partial charge in [0.1, 0.15) is 5.75 Å². The molecule has 3 aromatic rings. The fraction of sp³-hybridized carbons (Fsp3) is 0.333. The second-order valence-corrected chi connectivity index (χ2v) is 7.09. The average molecular weight is 387 g/mol. The van der Waals surface area contributed by atoms with Crippen molar-refractivity contribution >= 4 is 29.1 Å². The Kier molecular flexibility index (Phi) is 5.80. The van der Waals surface area contributed by atoms with Crippen molar-refractivity contribution in [3.8, 4) is 5.75 Å². The molecule has 0 radical (unpaired) electrons. The van der Waals surface area contributed by atoms with E-state index in [2.05, 4.69) is 20.5 Å². The first-order valence-electron chi connectivity index (χ1n) is 8.61. The van der Waals surface area contributed by atoms with Gasteiger partial charge in [0.2, 0.25) is 11.7 Å². The highest BCUT2D eigenvalue weighted by atomic mass is 32.2. The highest BCUT2D eigenvalue weighted by molar-refractivity contribution is 7.99. The predicted octanol–water partition coefficient (Wildman–Crippen LogP) is 2.67. The molecule has 8 nitrogen and oxygen atoms in total. The molecule has 1 amide bonds. The molecule has 2 heterocycles. The van der Waals surface area contributed by atoms with Gasteiger partial charge in [-0.05, 0) is 37.1 Å². The molecule has 0 atom stereocenters. The third kappa shape index (κ3) is 4.48. The van der Waals surface area contributed by atoms with E-state index >= 15 is 0 Å². The van der Waals surface area contributed by atoms with Crippen LogP contribution >= 0.6 is 11.8 Å². The van der Waals surface area contributed by atoms with Gasteiger partial charge in [0.25, 0.3) is 5.56 Å². The summed E-state index contributed by atoms with van der Waals surface area (Å²) in [6.07, 6.45) is 0. The summed E-state index contributed by atoms with van der Waals surface area (Å²) in [5.41, 5.74) is 1.28. The lowest BCUT2D eigenvalue weighted by Gasteiger charge is -2.10. The van der Waals surface area contributed by atoms with Gasteiger partial charge < -0.3 is 10.1 Å². The molecule has 142 valence electrons. The van der Waals surface area contributed by atoms with Gasteiger partial charge in [-0.1, -0.05) is 25.6 Å². The van der Waals surface area contributed by atoms with E-state index < -0.39 is 0 Å². The maximum absolute atomic E-state index is 12.2. The summed E-state index contributed by atoms with van der Waals surface area (Å²) >= 11 is 1.26. The molecule has 0 spiro atoms. The molecule has 3 rings (SSSR count). The lowest BCUT2D eigenvalue weighted by Crippen LogP contribution is -2.15. The van der Waals surface area contributed by atoms with Crippen LogP contribution in [-0.2, 0) is 4.79 Å². The number of rotatable bonds is 7. The molecule has 0 aliphatic rings. The van der Waals surface area contributed by atoms with E-state index in [-0.39, 0.29) is 23.1 Å². The number of nitrogens with one attached hydrogen (secondary N) is 2. The van der Waals surface area contributed by atoms with Crippen LogP contribution in [0.2, 0.25) is 0 Å². The van der Waals surface area contributed by atoms with Crippen LogP contribution in [0.15, 0.2) is 40.3 Å². The summed E-state index contributed by atoms with van der Waals surface area (Å²) < 4.78 is 7.16. The topological polar surface area (TPSA) is 101 Å².